The van der Waals surface area contributed by atoms with Crippen LogP contribution in [0.4, 0.5) is 0 Å². The summed E-state index contributed by atoms with van der Waals surface area (Å²) in [5.41, 5.74) is 6.49. The molecule has 1 aliphatic heterocycles. The fourth-order valence-corrected chi connectivity index (χ4v) is 0.583. The van der Waals surface area contributed by atoms with Crippen molar-refractivity contribution >= 4 is 12.6 Å². The van der Waals surface area contributed by atoms with Gasteiger partial charge in [0.1, 0.15) is 6.34 Å². The smallest absolute Gasteiger partial charge is 0.114 e. The zero-order chi connectivity index (χ0) is 6.53. The van der Waals surface area contributed by atoms with Crippen molar-refractivity contribution in [1.82, 2.24) is 0 Å². The van der Waals surface area contributed by atoms with Gasteiger partial charge in [-0.25, -0.2) is 9.98 Å². The molecule has 0 aromatic rings. The quantitative estimate of drug-likeness (QED) is 0.536. The van der Waals surface area contributed by atoms with Crippen LogP contribution < -0.4 is 5.73 Å². The number of hydrogen-bond donors (Lipinski definition) is 1. The second kappa shape index (κ2) is 3.14. The van der Waals surface area contributed by atoms with E-state index in [4.69, 9.17) is 5.73 Å². The van der Waals surface area contributed by atoms with Gasteiger partial charge in [-0.05, 0) is 5.57 Å². The normalized spacial score (nSPS) is 17.2. The fourth-order valence-electron chi connectivity index (χ4n) is 0.583. The molecule has 0 aromatic carbocycles. The molecular weight excluding hydrogens is 114 g/mol. The Labute approximate surface area is 54.0 Å². The van der Waals surface area contributed by atoms with Gasteiger partial charge in [-0.1, -0.05) is 0 Å². The highest BCUT2D eigenvalue weighted by molar-refractivity contribution is 5.75. The van der Waals surface area contributed by atoms with E-state index in [1.807, 2.05) is 0 Å². The standard InChI is InChI=1S/C6H9N3/c7-3-6-1-2-8-5-9-4-6/h2,4-5H,1,3,7H2. The van der Waals surface area contributed by atoms with Crippen molar-refractivity contribution in [3.05, 3.63) is 11.8 Å². The zero-order valence-corrected chi connectivity index (χ0v) is 5.12. The predicted octanol–water partition coefficient (Wildman–Crippen LogP) is 0.332. The van der Waals surface area contributed by atoms with Crippen LogP contribution in [0.25, 0.3) is 0 Å². The van der Waals surface area contributed by atoms with Gasteiger partial charge in [-0.2, -0.15) is 0 Å². The van der Waals surface area contributed by atoms with Gasteiger partial charge in [0, 0.05) is 25.4 Å². The zero-order valence-electron chi connectivity index (χ0n) is 5.12. The molecule has 0 saturated carbocycles. The van der Waals surface area contributed by atoms with Crippen molar-refractivity contribution < 1.29 is 0 Å². The van der Waals surface area contributed by atoms with Crippen LogP contribution >= 0.6 is 0 Å². The number of hydrogen-bond acceptors (Lipinski definition) is 3. The molecule has 0 aliphatic carbocycles. The first kappa shape index (κ1) is 6.16. The van der Waals surface area contributed by atoms with E-state index >= 15 is 0 Å². The van der Waals surface area contributed by atoms with Crippen LogP contribution in [0.5, 0.6) is 0 Å². The average molecular weight is 123 g/mol. The lowest BCUT2D eigenvalue weighted by atomic mass is 10.2. The lowest BCUT2D eigenvalue weighted by molar-refractivity contribution is 1.09. The first-order chi connectivity index (χ1) is 4.43. The molecule has 0 atom stereocenters. The average Bonchev–Trinajstić information content (AvgIpc) is 2.13. The lowest BCUT2D eigenvalue weighted by Gasteiger charge is -1.92. The lowest BCUT2D eigenvalue weighted by Crippen LogP contribution is -2.02. The van der Waals surface area contributed by atoms with Gasteiger partial charge in [0.05, 0.1) is 0 Å². The third-order valence-electron chi connectivity index (χ3n) is 1.11. The van der Waals surface area contributed by atoms with Crippen molar-refractivity contribution in [2.24, 2.45) is 15.7 Å². The van der Waals surface area contributed by atoms with Crippen molar-refractivity contribution in [2.75, 3.05) is 6.54 Å². The molecule has 0 fully saturated rings. The highest BCUT2D eigenvalue weighted by Crippen LogP contribution is 1.98. The Bertz CT molecular complexity index is 167. The summed E-state index contributed by atoms with van der Waals surface area (Å²) in [7, 11) is 0. The Hall–Kier alpha value is -0.960. The highest BCUT2D eigenvalue weighted by Gasteiger charge is 1.91. The molecule has 0 amide bonds. The summed E-state index contributed by atoms with van der Waals surface area (Å²) in [5, 5.41) is 0. The first-order valence-corrected chi connectivity index (χ1v) is 2.85. The van der Waals surface area contributed by atoms with Gasteiger partial charge in [0.25, 0.3) is 0 Å². The number of aliphatic imine (C=N–C) groups is 2. The fraction of sp³-hybridized carbons (Fsp3) is 0.333. The van der Waals surface area contributed by atoms with Gasteiger partial charge in [-0.3, -0.25) is 0 Å². The van der Waals surface area contributed by atoms with Crippen LogP contribution in [0.3, 0.4) is 0 Å². The summed E-state index contributed by atoms with van der Waals surface area (Å²) in [4.78, 5) is 7.70. The van der Waals surface area contributed by atoms with E-state index < -0.39 is 0 Å². The molecule has 0 aromatic heterocycles. The van der Waals surface area contributed by atoms with Crippen LogP contribution in [0.2, 0.25) is 0 Å². The Morgan fingerprint density at radius 2 is 2.44 bits per heavy atom. The summed E-state index contributed by atoms with van der Waals surface area (Å²) in [6.45, 7) is 0.573. The summed E-state index contributed by atoms with van der Waals surface area (Å²) in [5.74, 6) is 0. The Balaban J connectivity index is 2.62. The molecule has 48 valence electrons. The van der Waals surface area contributed by atoms with E-state index in [0.29, 0.717) is 6.54 Å². The molecule has 9 heavy (non-hydrogen) atoms. The molecular formula is C6H9N3. The molecule has 0 bridgehead atoms. The highest BCUT2D eigenvalue weighted by atomic mass is 14.8. The van der Waals surface area contributed by atoms with Crippen LogP contribution in [-0.4, -0.2) is 19.1 Å². The summed E-state index contributed by atoms with van der Waals surface area (Å²) >= 11 is 0. The molecule has 3 heteroatoms. The molecule has 0 saturated heterocycles. The monoisotopic (exact) mass is 123 g/mol. The minimum Gasteiger partial charge on any atom is -0.327 e. The maximum Gasteiger partial charge on any atom is 0.114 e. The van der Waals surface area contributed by atoms with Crippen LogP contribution in [0.15, 0.2) is 21.8 Å². The second-order valence-electron chi connectivity index (χ2n) is 1.79. The van der Waals surface area contributed by atoms with E-state index in [0.717, 1.165) is 12.0 Å². The molecule has 1 heterocycles. The molecule has 3 nitrogen and oxygen atoms in total. The van der Waals surface area contributed by atoms with E-state index in [1.165, 1.54) is 6.34 Å². The van der Waals surface area contributed by atoms with E-state index in [1.54, 1.807) is 12.4 Å². The van der Waals surface area contributed by atoms with Gasteiger partial charge in [-0.15, -0.1) is 0 Å². The van der Waals surface area contributed by atoms with Gasteiger partial charge in [0.2, 0.25) is 0 Å². The molecule has 0 spiro atoms. The predicted molar refractivity (Wildman–Crippen MR) is 38.7 cm³/mol. The van der Waals surface area contributed by atoms with E-state index in [-0.39, 0.29) is 0 Å². The minimum atomic E-state index is 0.573. The second-order valence-corrected chi connectivity index (χ2v) is 1.79. The van der Waals surface area contributed by atoms with E-state index in [9.17, 15) is 0 Å². The maximum atomic E-state index is 5.37. The number of rotatable bonds is 1. The number of nitrogens with zero attached hydrogens (tertiary/aromatic N) is 2. The van der Waals surface area contributed by atoms with Gasteiger partial charge < -0.3 is 5.73 Å². The number of nitrogens with two attached hydrogens (primary N) is 1. The van der Waals surface area contributed by atoms with Crippen molar-refractivity contribution in [1.29, 1.82) is 0 Å². The Morgan fingerprint density at radius 1 is 1.56 bits per heavy atom. The van der Waals surface area contributed by atoms with Crippen molar-refractivity contribution in [2.45, 2.75) is 6.42 Å². The van der Waals surface area contributed by atoms with Gasteiger partial charge >= 0.3 is 0 Å². The van der Waals surface area contributed by atoms with Crippen LogP contribution in [0, 0.1) is 0 Å². The largest absolute Gasteiger partial charge is 0.327 e. The Morgan fingerprint density at radius 3 is 3.22 bits per heavy atom. The van der Waals surface area contributed by atoms with Crippen LogP contribution in [0.1, 0.15) is 6.42 Å². The van der Waals surface area contributed by atoms with Crippen molar-refractivity contribution in [3.8, 4) is 0 Å². The van der Waals surface area contributed by atoms with E-state index in [2.05, 4.69) is 9.98 Å². The summed E-state index contributed by atoms with van der Waals surface area (Å²) < 4.78 is 0. The first-order valence-electron chi connectivity index (χ1n) is 2.85. The third-order valence-corrected chi connectivity index (χ3v) is 1.11. The molecule has 0 radical (unpaired) electrons. The van der Waals surface area contributed by atoms with Crippen molar-refractivity contribution in [3.63, 3.8) is 0 Å². The maximum absolute atomic E-state index is 5.37. The molecule has 0 unspecified atom stereocenters. The topological polar surface area (TPSA) is 50.7 Å². The molecule has 1 rings (SSSR count). The van der Waals surface area contributed by atoms with Gasteiger partial charge in [0.15, 0.2) is 0 Å². The minimum absolute atomic E-state index is 0.573. The summed E-state index contributed by atoms with van der Waals surface area (Å²) in [6, 6.07) is 0. The molecule has 2 N–H and O–H groups in total. The SMILES string of the molecule is NCC1=CN=CN=CC1. The molecule has 1 aliphatic rings. The Kier molecular flexibility index (Phi) is 2.15. The summed E-state index contributed by atoms with van der Waals surface area (Å²) in [6.07, 6.45) is 5.90. The third kappa shape index (κ3) is 1.77. The van der Waals surface area contributed by atoms with Crippen LogP contribution in [-0.2, 0) is 0 Å².